The van der Waals surface area contributed by atoms with Gasteiger partial charge in [0.25, 0.3) is 5.91 Å². The van der Waals surface area contributed by atoms with Crippen molar-refractivity contribution in [3.63, 3.8) is 0 Å². The van der Waals surface area contributed by atoms with E-state index >= 15 is 0 Å². The van der Waals surface area contributed by atoms with Gasteiger partial charge < -0.3 is 15.1 Å². The number of piperazine rings is 1. The largest absolute Gasteiger partial charge is 0.416 e. The molecule has 3 aromatic rings. The lowest BCUT2D eigenvalue weighted by Crippen LogP contribution is -2.54. The summed E-state index contributed by atoms with van der Waals surface area (Å²) < 4.78 is 52.2. The number of hydrogen-bond donors (Lipinski definition) is 1. The van der Waals surface area contributed by atoms with Gasteiger partial charge in [0.2, 0.25) is 5.91 Å². The molecular formula is C26H24ClF4N5O2S. The van der Waals surface area contributed by atoms with E-state index in [0.29, 0.717) is 31.0 Å². The van der Waals surface area contributed by atoms with E-state index in [1.165, 1.54) is 30.3 Å². The molecule has 0 saturated carbocycles. The highest BCUT2D eigenvalue weighted by Gasteiger charge is 2.31. The minimum absolute atomic E-state index is 0.0541. The van der Waals surface area contributed by atoms with E-state index in [4.69, 9.17) is 11.6 Å². The first-order valence-electron chi connectivity index (χ1n) is 11.9. The Balaban J connectivity index is 1.33. The van der Waals surface area contributed by atoms with Gasteiger partial charge in [-0.3, -0.25) is 9.59 Å². The third-order valence-electron chi connectivity index (χ3n) is 6.02. The number of rotatable bonds is 7. The van der Waals surface area contributed by atoms with Crippen molar-refractivity contribution in [3.8, 4) is 0 Å². The number of carbonyl (C=O) groups excluding carboxylic acids is 2. The molecule has 0 aliphatic carbocycles. The Labute approximate surface area is 231 Å². The van der Waals surface area contributed by atoms with Crippen LogP contribution in [-0.2, 0) is 17.5 Å². The van der Waals surface area contributed by atoms with Gasteiger partial charge in [-0.1, -0.05) is 41.6 Å². The molecule has 1 atom stereocenters. The number of halogens is 5. The van der Waals surface area contributed by atoms with E-state index in [1.807, 2.05) is 11.8 Å². The van der Waals surface area contributed by atoms with Gasteiger partial charge in [-0.2, -0.15) is 13.2 Å². The maximum atomic E-state index is 13.6. The first kappa shape index (κ1) is 28.6. The number of carbonyl (C=O) groups is 2. The smallest absolute Gasteiger partial charge is 0.353 e. The van der Waals surface area contributed by atoms with Crippen LogP contribution in [0.15, 0.2) is 59.8 Å². The van der Waals surface area contributed by atoms with Crippen molar-refractivity contribution in [2.75, 3.05) is 30.3 Å². The average Bonchev–Trinajstić information content (AvgIpc) is 2.89. The van der Waals surface area contributed by atoms with Gasteiger partial charge in [-0.05, 0) is 42.8 Å². The van der Waals surface area contributed by atoms with Gasteiger partial charge in [0, 0.05) is 43.9 Å². The second-order valence-corrected chi connectivity index (χ2v) is 10.2. The average molecular weight is 582 g/mol. The fourth-order valence-electron chi connectivity index (χ4n) is 4.11. The van der Waals surface area contributed by atoms with Gasteiger partial charge in [-0.15, -0.1) is 0 Å². The maximum absolute atomic E-state index is 13.6. The molecule has 1 aliphatic heterocycles. The van der Waals surface area contributed by atoms with Crippen molar-refractivity contribution in [1.29, 1.82) is 0 Å². The van der Waals surface area contributed by atoms with Gasteiger partial charge in [0.1, 0.15) is 16.8 Å². The van der Waals surface area contributed by atoms with Crippen LogP contribution in [0.3, 0.4) is 0 Å². The number of thioether (sulfide) groups is 1. The fourth-order valence-corrected chi connectivity index (χ4v) is 5.02. The molecule has 2 aromatic carbocycles. The summed E-state index contributed by atoms with van der Waals surface area (Å²) in [6, 6.07) is 11.7. The summed E-state index contributed by atoms with van der Waals surface area (Å²) in [7, 11) is 0. The summed E-state index contributed by atoms with van der Waals surface area (Å²) in [5.41, 5.74) is -0.170. The van der Waals surface area contributed by atoms with E-state index in [0.717, 1.165) is 23.9 Å². The number of aromatic nitrogens is 2. The first-order valence-corrected chi connectivity index (χ1v) is 13.3. The van der Waals surface area contributed by atoms with Crippen molar-refractivity contribution in [3.05, 3.63) is 82.3 Å². The minimum Gasteiger partial charge on any atom is -0.353 e. The number of alkyl halides is 3. The summed E-state index contributed by atoms with van der Waals surface area (Å²) in [5, 5.41) is 3.03. The lowest BCUT2D eigenvalue weighted by molar-refractivity contribution is -0.137. The van der Waals surface area contributed by atoms with Crippen LogP contribution in [0.5, 0.6) is 0 Å². The van der Waals surface area contributed by atoms with E-state index in [9.17, 15) is 27.2 Å². The normalized spacial score (nSPS) is 15.8. The zero-order valence-electron chi connectivity index (χ0n) is 20.7. The van der Waals surface area contributed by atoms with Crippen LogP contribution in [0.4, 0.5) is 23.4 Å². The number of hydrogen-bond acceptors (Lipinski definition) is 6. The molecule has 1 unspecified atom stereocenters. The Hall–Kier alpha value is -3.38. The first-order chi connectivity index (χ1) is 18.5. The van der Waals surface area contributed by atoms with E-state index in [2.05, 4.69) is 15.3 Å². The fraction of sp³-hybridized carbons (Fsp3) is 0.308. The molecule has 1 aromatic heterocycles. The summed E-state index contributed by atoms with van der Waals surface area (Å²) >= 11 is 7.25. The molecule has 2 amide bonds. The zero-order valence-corrected chi connectivity index (χ0v) is 22.3. The number of amides is 2. The van der Waals surface area contributed by atoms with Crippen molar-refractivity contribution in [2.24, 2.45) is 0 Å². The molecule has 0 bridgehead atoms. The molecule has 39 heavy (non-hydrogen) atoms. The monoisotopic (exact) mass is 581 g/mol. The predicted octanol–water partition coefficient (Wildman–Crippen LogP) is 5.05. The SMILES string of the molecule is CC1CN(c2cc(Cl)nc(SCC(=O)NCc3cccc(C(F)(F)F)c3)n2)CCN1C(=O)c1cccc(F)c1. The van der Waals surface area contributed by atoms with E-state index < -0.39 is 23.5 Å². The van der Waals surface area contributed by atoms with Crippen molar-refractivity contribution in [2.45, 2.75) is 30.8 Å². The topological polar surface area (TPSA) is 78.4 Å². The van der Waals surface area contributed by atoms with Crippen LogP contribution in [0, 0.1) is 5.82 Å². The van der Waals surface area contributed by atoms with Crippen molar-refractivity contribution < 1.29 is 27.2 Å². The maximum Gasteiger partial charge on any atom is 0.416 e. The summed E-state index contributed by atoms with van der Waals surface area (Å²) in [4.78, 5) is 37.5. The van der Waals surface area contributed by atoms with Gasteiger partial charge >= 0.3 is 6.18 Å². The quantitative estimate of drug-likeness (QED) is 0.182. The molecule has 2 heterocycles. The molecule has 206 valence electrons. The molecule has 1 saturated heterocycles. The molecule has 7 nitrogen and oxygen atoms in total. The third-order valence-corrected chi connectivity index (χ3v) is 7.06. The van der Waals surface area contributed by atoms with Crippen LogP contribution in [-0.4, -0.2) is 58.1 Å². The van der Waals surface area contributed by atoms with Gasteiger partial charge in [-0.25, -0.2) is 14.4 Å². The van der Waals surface area contributed by atoms with Crippen LogP contribution in [0.1, 0.15) is 28.4 Å². The second-order valence-electron chi connectivity index (χ2n) is 8.90. The summed E-state index contributed by atoms with van der Waals surface area (Å²) in [5.74, 6) is -0.662. The second kappa shape index (κ2) is 12.2. The molecule has 13 heteroatoms. The third kappa shape index (κ3) is 7.60. The van der Waals surface area contributed by atoms with Crippen LogP contribution < -0.4 is 10.2 Å². The molecule has 0 spiro atoms. The highest BCUT2D eigenvalue weighted by Crippen LogP contribution is 2.29. The van der Waals surface area contributed by atoms with E-state index in [1.54, 1.807) is 17.0 Å². The van der Waals surface area contributed by atoms with Crippen molar-refractivity contribution >= 4 is 41.0 Å². The van der Waals surface area contributed by atoms with Crippen molar-refractivity contribution in [1.82, 2.24) is 20.2 Å². The molecule has 0 radical (unpaired) electrons. The number of anilines is 1. The lowest BCUT2D eigenvalue weighted by atomic mass is 10.1. The lowest BCUT2D eigenvalue weighted by Gasteiger charge is -2.40. The summed E-state index contributed by atoms with van der Waals surface area (Å²) in [6.07, 6.45) is -4.46. The number of nitrogens with zero attached hydrogens (tertiary/aromatic N) is 4. The zero-order chi connectivity index (χ0) is 28.2. The van der Waals surface area contributed by atoms with E-state index in [-0.39, 0.29) is 40.1 Å². The molecular weight excluding hydrogens is 558 g/mol. The van der Waals surface area contributed by atoms with Crippen LogP contribution >= 0.6 is 23.4 Å². The molecule has 1 N–H and O–H groups in total. The number of benzene rings is 2. The standard InChI is InChI=1S/C26H24ClF4N5O2S/c1-16-14-35(8-9-36(16)24(38)18-5-3-7-20(28)11-18)22-12-21(27)33-25(34-22)39-15-23(37)32-13-17-4-2-6-19(10-17)26(29,30)31/h2-7,10-12,16H,8-9,13-15H2,1H3,(H,32,37). The van der Waals surface area contributed by atoms with Crippen LogP contribution in [0.2, 0.25) is 5.15 Å². The minimum atomic E-state index is -4.46. The Morgan fingerprint density at radius 3 is 2.59 bits per heavy atom. The van der Waals surface area contributed by atoms with Gasteiger partial charge in [0.15, 0.2) is 5.16 Å². The number of nitrogens with one attached hydrogen (secondary N) is 1. The van der Waals surface area contributed by atoms with Crippen LogP contribution in [0.25, 0.3) is 0 Å². The van der Waals surface area contributed by atoms with Gasteiger partial charge in [0.05, 0.1) is 11.3 Å². The Morgan fingerprint density at radius 1 is 1.10 bits per heavy atom. The molecule has 4 rings (SSSR count). The Morgan fingerprint density at radius 2 is 1.87 bits per heavy atom. The summed E-state index contributed by atoms with van der Waals surface area (Å²) in [6.45, 7) is 3.13. The molecule has 1 aliphatic rings. The Kier molecular flexibility index (Phi) is 8.96. The predicted molar refractivity (Wildman–Crippen MR) is 140 cm³/mol. The highest BCUT2D eigenvalue weighted by molar-refractivity contribution is 7.99. The molecule has 1 fully saturated rings. The highest BCUT2D eigenvalue weighted by atomic mass is 35.5. The Bertz CT molecular complexity index is 1360.